The van der Waals surface area contributed by atoms with E-state index in [1.807, 2.05) is 12.4 Å². The van der Waals surface area contributed by atoms with Gasteiger partial charge in [0.25, 0.3) is 0 Å². The van der Waals surface area contributed by atoms with Crippen molar-refractivity contribution < 1.29 is 9.47 Å². The Balaban J connectivity index is 1.10. The van der Waals surface area contributed by atoms with Gasteiger partial charge < -0.3 is 14.4 Å². The van der Waals surface area contributed by atoms with E-state index in [9.17, 15) is 0 Å². The molecule has 2 saturated heterocycles. The first-order valence-corrected chi connectivity index (χ1v) is 15.1. The highest BCUT2D eigenvalue weighted by Crippen LogP contribution is 2.69. The number of pyridine rings is 1. The number of ether oxygens (including phenoxy) is 2. The Kier molecular flexibility index (Phi) is 5.03. The summed E-state index contributed by atoms with van der Waals surface area (Å²) in [5.41, 5.74) is 5.05. The van der Waals surface area contributed by atoms with Crippen molar-refractivity contribution in [3.05, 3.63) is 65.5 Å². The van der Waals surface area contributed by atoms with Crippen molar-refractivity contribution in [3.8, 4) is 0 Å². The van der Waals surface area contributed by atoms with E-state index in [0.29, 0.717) is 23.3 Å². The maximum Gasteiger partial charge on any atom is 0.0974 e. The summed E-state index contributed by atoms with van der Waals surface area (Å²) in [5.74, 6) is 1.16. The summed E-state index contributed by atoms with van der Waals surface area (Å²) in [5, 5.41) is 2.55. The lowest BCUT2D eigenvalue weighted by molar-refractivity contribution is -0.147. The topological polar surface area (TPSA) is 34.6 Å². The second-order valence-electron chi connectivity index (χ2n) is 14.3. The van der Waals surface area contributed by atoms with Gasteiger partial charge in [0.15, 0.2) is 0 Å². The van der Waals surface area contributed by atoms with Crippen molar-refractivity contribution in [2.45, 2.75) is 88.4 Å². The zero-order valence-electron chi connectivity index (χ0n) is 23.3. The van der Waals surface area contributed by atoms with Gasteiger partial charge in [0.1, 0.15) is 0 Å². The second kappa shape index (κ2) is 8.02. The molecule has 6 atom stereocenters. The standard InChI is InChI=1S/C34H42N2O2/c1-31(21-37-22-31)20-36(3)28-7-6-26-17-27-10-12-32(2)29(24-5-4-23-11-15-35-19-25(23)16-24)8-9-30(32)34(27)14-13-33(26,18-28)38-34/h4-5,10-11,15-17,19,28-30H,6-9,12-14,18,20-22H2,1-3H3/t28?,29?,30-,32?,33-,34-/m1/s1. The average Bonchev–Trinajstić information content (AvgIpc) is 3.42. The zero-order chi connectivity index (χ0) is 25.8. The molecule has 3 aliphatic heterocycles. The van der Waals surface area contributed by atoms with Crippen LogP contribution in [0.4, 0.5) is 0 Å². The predicted octanol–water partition coefficient (Wildman–Crippen LogP) is 6.81. The van der Waals surface area contributed by atoms with Gasteiger partial charge in [-0.3, -0.25) is 4.98 Å². The van der Waals surface area contributed by atoms with Gasteiger partial charge in [-0.15, -0.1) is 0 Å². The molecule has 1 aromatic heterocycles. The van der Waals surface area contributed by atoms with Crippen molar-refractivity contribution in [3.63, 3.8) is 0 Å². The van der Waals surface area contributed by atoms with E-state index in [2.05, 4.69) is 67.2 Å². The minimum Gasteiger partial charge on any atom is -0.380 e. The van der Waals surface area contributed by atoms with Crippen LogP contribution in [0, 0.1) is 16.7 Å². The highest BCUT2D eigenvalue weighted by Gasteiger charge is 2.66. The molecule has 4 nitrogen and oxygen atoms in total. The third-order valence-electron chi connectivity index (χ3n) is 11.9. The van der Waals surface area contributed by atoms with Crippen LogP contribution in [-0.2, 0) is 9.47 Å². The van der Waals surface area contributed by atoms with Crippen LogP contribution in [0.15, 0.2) is 60.0 Å². The number of fused-ring (bicyclic) bond motifs is 2. The summed E-state index contributed by atoms with van der Waals surface area (Å²) in [7, 11) is 2.34. The molecular weight excluding hydrogens is 468 g/mol. The number of allylic oxidation sites excluding steroid dienone is 1. The molecule has 3 unspecified atom stereocenters. The van der Waals surface area contributed by atoms with E-state index >= 15 is 0 Å². The van der Waals surface area contributed by atoms with Gasteiger partial charge in [0.2, 0.25) is 0 Å². The molecule has 4 heterocycles. The number of rotatable bonds is 4. The normalized spacial score (nSPS) is 40.7. The fraction of sp³-hybridized carbons (Fsp3) is 0.618. The van der Waals surface area contributed by atoms with E-state index in [1.165, 1.54) is 60.4 Å². The molecule has 4 heteroatoms. The molecule has 2 spiro atoms. The molecule has 3 aliphatic carbocycles. The van der Waals surface area contributed by atoms with Crippen LogP contribution in [0.5, 0.6) is 0 Å². The summed E-state index contributed by atoms with van der Waals surface area (Å²) in [4.78, 5) is 7.04. The van der Waals surface area contributed by atoms with E-state index in [4.69, 9.17) is 9.47 Å². The third kappa shape index (κ3) is 3.23. The summed E-state index contributed by atoms with van der Waals surface area (Å²) >= 11 is 0. The molecule has 2 aromatic rings. The Morgan fingerprint density at radius 3 is 2.79 bits per heavy atom. The molecule has 2 saturated carbocycles. The number of nitrogens with zero attached hydrogens (tertiary/aromatic N) is 2. The van der Waals surface area contributed by atoms with E-state index in [-0.39, 0.29) is 16.6 Å². The van der Waals surface area contributed by atoms with Crippen LogP contribution in [0.1, 0.15) is 76.7 Å². The molecule has 8 rings (SSSR count). The van der Waals surface area contributed by atoms with Crippen molar-refractivity contribution in [1.82, 2.24) is 9.88 Å². The SMILES string of the molecule is CN(CC1(C)COC1)C1CCC2=CC3=CCC4(C)C(c5ccc6ccncc6c5)CC[C@H]4[C@@]34CC[C@]2(C1)O4. The quantitative estimate of drug-likeness (QED) is 0.452. The maximum atomic E-state index is 7.57. The predicted molar refractivity (Wildman–Crippen MR) is 151 cm³/mol. The average molecular weight is 511 g/mol. The van der Waals surface area contributed by atoms with Gasteiger partial charge in [-0.25, -0.2) is 0 Å². The first kappa shape index (κ1) is 23.8. The Morgan fingerprint density at radius 1 is 1.05 bits per heavy atom. The number of hydrogen-bond acceptors (Lipinski definition) is 4. The Bertz CT molecular complexity index is 1360. The zero-order valence-corrected chi connectivity index (χ0v) is 23.3. The summed E-state index contributed by atoms with van der Waals surface area (Å²) in [6, 6.07) is 9.84. The Hall–Kier alpha value is -2.01. The molecule has 6 aliphatic rings. The van der Waals surface area contributed by atoms with Crippen molar-refractivity contribution in [2.75, 3.05) is 26.8 Å². The lowest BCUT2D eigenvalue weighted by Crippen LogP contribution is -2.56. The highest BCUT2D eigenvalue weighted by molar-refractivity contribution is 5.82. The van der Waals surface area contributed by atoms with Crippen LogP contribution < -0.4 is 0 Å². The minimum absolute atomic E-state index is 0.0451. The fourth-order valence-corrected chi connectivity index (χ4v) is 9.90. The fourth-order valence-electron chi connectivity index (χ4n) is 9.90. The third-order valence-corrected chi connectivity index (χ3v) is 11.9. The molecule has 0 radical (unpaired) electrons. The Labute approximate surface area is 227 Å². The lowest BCUT2D eigenvalue weighted by atomic mass is 9.58. The van der Waals surface area contributed by atoms with Crippen LogP contribution in [0.2, 0.25) is 0 Å². The molecule has 200 valence electrons. The van der Waals surface area contributed by atoms with Gasteiger partial charge in [-0.05, 0) is 110 Å². The van der Waals surface area contributed by atoms with E-state index in [1.54, 1.807) is 5.57 Å². The largest absolute Gasteiger partial charge is 0.380 e. The molecule has 4 fully saturated rings. The summed E-state index contributed by atoms with van der Waals surface area (Å²) in [6.45, 7) is 7.90. The summed E-state index contributed by atoms with van der Waals surface area (Å²) < 4.78 is 13.1. The number of hydrogen-bond donors (Lipinski definition) is 0. The van der Waals surface area contributed by atoms with E-state index < -0.39 is 0 Å². The van der Waals surface area contributed by atoms with Crippen LogP contribution >= 0.6 is 0 Å². The van der Waals surface area contributed by atoms with Gasteiger partial charge >= 0.3 is 0 Å². The highest BCUT2D eigenvalue weighted by atomic mass is 16.5. The number of aromatic nitrogens is 1. The van der Waals surface area contributed by atoms with Crippen LogP contribution in [0.3, 0.4) is 0 Å². The maximum absolute atomic E-state index is 7.57. The van der Waals surface area contributed by atoms with Crippen molar-refractivity contribution in [2.24, 2.45) is 16.7 Å². The van der Waals surface area contributed by atoms with Gasteiger partial charge in [0, 0.05) is 35.8 Å². The van der Waals surface area contributed by atoms with Gasteiger partial charge in [-0.2, -0.15) is 0 Å². The molecule has 2 bridgehead atoms. The molecular formula is C34H42N2O2. The first-order chi connectivity index (χ1) is 18.3. The van der Waals surface area contributed by atoms with Crippen LogP contribution in [-0.4, -0.2) is 53.9 Å². The molecule has 0 amide bonds. The smallest absolute Gasteiger partial charge is 0.0974 e. The second-order valence-corrected chi connectivity index (χ2v) is 14.3. The lowest BCUT2D eigenvalue weighted by Gasteiger charge is -2.55. The minimum atomic E-state index is -0.0854. The van der Waals surface area contributed by atoms with Crippen molar-refractivity contribution in [1.29, 1.82) is 0 Å². The summed E-state index contributed by atoms with van der Waals surface area (Å²) in [6.07, 6.45) is 18.8. The van der Waals surface area contributed by atoms with Gasteiger partial charge in [-0.1, -0.05) is 38.1 Å². The number of benzene rings is 1. The molecule has 1 aromatic carbocycles. The molecule has 0 N–H and O–H groups in total. The van der Waals surface area contributed by atoms with Crippen LogP contribution in [0.25, 0.3) is 10.8 Å². The monoisotopic (exact) mass is 510 g/mol. The Morgan fingerprint density at radius 2 is 1.95 bits per heavy atom. The molecule has 38 heavy (non-hydrogen) atoms. The first-order valence-electron chi connectivity index (χ1n) is 15.1. The van der Waals surface area contributed by atoms with E-state index in [0.717, 1.165) is 32.6 Å². The van der Waals surface area contributed by atoms with Gasteiger partial charge in [0.05, 0.1) is 24.4 Å². The van der Waals surface area contributed by atoms with Crippen molar-refractivity contribution >= 4 is 10.8 Å².